The highest BCUT2D eigenvalue weighted by Crippen LogP contribution is 2.22. The number of nitrogens with zero attached hydrogens (tertiary/aromatic N) is 5. The summed E-state index contributed by atoms with van der Waals surface area (Å²) in [6.45, 7) is 6.26. The second kappa shape index (κ2) is 7.90. The normalized spacial score (nSPS) is 10.9. The highest BCUT2D eigenvalue weighted by Gasteiger charge is 2.17. The van der Waals surface area contributed by atoms with Gasteiger partial charge < -0.3 is 9.88 Å². The Labute approximate surface area is 173 Å². The molecule has 4 aromatic rings. The van der Waals surface area contributed by atoms with E-state index in [1.165, 1.54) is 22.9 Å². The Morgan fingerprint density at radius 3 is 2.53 bits per heavy atom. The molecule has 0 bridgehead atoms. The average Bonchev–Trinajstić information content (AvgIpc) is 3.28. The fourth-order valence-corrected chi connectivity index (χ4v) is 3.45. The van der Waals surface area contributed by atoms with Crippen molar-refractivity contribution in [1.29, 1.82) is 0 Å². The monoisotopic (exact) mass is 404 g/mol. The van der Waals surface area contributed by atoms with Gasteiger partial charge >= 0.3 is 0 Å². The van der Waals surface area contributed by atoms with Crippen molar-refractivity contribution in [3.8, 4) is 5.69 Å². The van der Waals surface area contributed by atoms with Crippen molar-refractivity contribution in [3.05, 3.63) is 88.8 Å². The van der Waals surface area contributed by atoms with Gasteiger partial charge in [0.1, 0.15) is 11.5 Å². The van der Waals surface area contributed by atoms with E-state index in [1.54, 1.807) is 6.92 Å². The summed E-state index contributed by atoms with van der Waals surface area (Å²) in [5.74, 6) is -0.292. The van der Waals surface area contributed by atoms with Crippen molar-refractivity contribution < 1.29 is 9.18 Å². The molecule has 0 aliphatic heterocycles. The maximum Gasteiger partial charge on any atom is 0.257 e. The highest BCUT2D eigenvalue weighted by atomic mass is 19.1. The fraction of sp³-hybridized carbons (Fsp3) is 0.182. The smallest absolute Gasteiger partial charge is 0.257 e. The minimum atomic E-state index is -0.482. The standard InChI is InChI=1S/C22H21FN6O/c1-14-11-19(15(2)28(14)13-17-7-5-4-6-8-17)22(30)24-18-9-10-20(23)21(12-18)29-16(3)25-26-27-29/h4-12H,13H2,1-3H3,(H,24,30). The predicted octanol–water partition coefficient (Wildman–Crippen LogP) is 3.83. The minimum Gasteiger partial charge on any atom is -0.344 e. The summed E-state index contributed by atoms with van der Waals surface area (Å²) in [7, 11) is 0. The van der Waals surface area contributed by atoms with Crippen molar-refractivity contribution in [2.45, 2.75) is 27.3 Å². The van der Waals surface area contributed by atoms with Crippen LogP contribution in [-0.2, 0) is 6.54 Å². The Hall–Kier alpha value is -3.81. The maximum absolute atomic E-state index is 14.3. The van der Waals surface area contributed by atoms with Gasteiger partial charge in [-0.3, -0.25) is 4.79 Å². The Kier molecular flexibility index (Phi) is 5.14. The third-order valence-electron chi connectivity index (χ3n) is 5.06. The summed E-state index contributed by atoms with van der Waals surface area (Å²) >= 11 is 0. The van der Waals surface area contributed by atoms with E-state index in [4.69, 9.17) is 0 Å². The molecule has 4 rings (SSSR count). The summed E-state index contributed by atoms with van der Waals surface area (Å²) in [6.07, 6.45) is 0. The van der Waals surface area contributed by atoms with E-state index in [0.717, 1.165) is 17.0 Å². The zero-order valence-electron chi connectivity index (χ0n) is 16.9. The summed E-state index contributed by atoms with van der Waals surface area (Å²) < 4.78 is 17.7. The van der Waals surface area contributed by atoms with Gasteiger partial charge in [-0.15, -0.1) is 5.10 Å². The van der Waals surface area contributed by atoms with Gasteiger partial charge in [0.25, 0.3) is 5.91 Å². The van der Waals surface area contributed by atoms with E-state index < -0.39 is 5.82 Å². The fourth-order valence-electron chi connectivity index (χ4n) is 3.45. The van der Waals surface area contributed by atoms with E-state index >= 15 is 0 Å². The number of aromatic nitrogens is 5. The maximum atomic E-state index is 14.3. The molecule has 0 fully saturated rings. The van der Waals surface area contributed by atoms with Gasteiger partial charge in [0.2, 0.25) is 0 Å². The number of aryl methyl sites for hydroxylation is 2. The number of tetrazole rings is 1. The Balaban J connectivity index is 1.59. The lowest BCUT2D eigenvalue weighted by Crippen LogP contribution is -2.14. The third kappa shape index (κ3) is 3.71. The molecule has 1 N–H and O–H groups in total. The van der Waals surface area contributed by atoms with Crippen LogP contribution in [0.5, 0.6) is 0 Å². The molecule has 1 amide bonds. The van der Waals surface area contributed by atoms with Crippen molar-refractivity contribution >= 4 is 11.6 Å². The number of anilines is 1. The quantitative estimate of drug-likeness (QED) is 0.548. The van der Waals surface area contributed by atoms with Crippen LogP contribution in [-0.4, -0.2) is 30.7 Å². The molecule has 30 heavy (non-hydrogen) atoms. The molecule has 0 unspecified atom stereocenters. The van der Waals surface area contributed by atoms with Crippen LogP contribution >= 0.6 is 0 Å². The second-order valence-corrected chi connectivity index (χ2v) is 7.11. The molecule has 2 aromatic carbocycles. The van der Waals surface area contributed by atoms with Gasteiger partial charge in [0.05, 0.1) is 5.56 Å². The summed E-state index contributed by atoms with van der Waals surface area (Å²) in [4.78, 5) is 12.9. The molecule has 0 radical (unpaired) electrons. The third-order valence-corrected chi connectivity index (χ3v) is 5.06. The number of carbonyl (C=O) groups is 1. The topological polar surface area (TPSA) is 77.6 Å². The summed E-state index contributed by atoms with van der Waals surface area (Å²) in [6, 6.07) is 16.3. The van der Waals surface area contributed by atoms with Gasteiger partial charge in [0, 0.05) is 23.6 Å². The number of carbonyl (C=O) groups excluding carboxylic acids is 1. The first-order valence-electron chi connectivity index (χ1n) is 9.51. The van der Waals surface area contributed by atoms with Crippen LogP contribution in [0.1, 0.15) is 33.1 Å². The average molecular weight is 404 g/mol. The molecular formula is C22H21FN6O. The van der Waals surface area contributed by atoms with Gasteiger partial charge in [-0.2, -0.15) is 4.68 Å². The molecular weight excluding hydrogens is 383 g/mol. The molecule has 8 heteroatoms. The number of amides is 1. The molecule has 0 spiro atoms. The molecule has 0 aliphatic rings. The van der Waals surface area contributed by atoms with Crippen molar-refractivity contribution in [2.75, 3.05) is 5.32 Å². The number of hydrogen-bond acceptors (Lipinski definition) is 4. The number of nitrogens with one attached hydrogen (secondary N) is 1. The zero-order valence-corrected chi connectivity index (χ0v) is 16.9. The second-order valence-electron chi connectivity index (χ2n) is 7.11. The van der Waals surface area contributed by atoms with Gasteiger partial charge in [0.15, 0.2) is 5.82 Å². The molecule has 7 nitrogen and oxygen atoms in total. The first-order valence-corrected chi connectivity index (χ1v) is 9.51. The van der Waals surface area contributed by atoms with E-state index in [2.05, 4.69) is 37.5 Å². The number of rotatable bonds is 5. The number of hydrogen-bond donors (Lipinski definition) is 1. The Bertz CT molecular complexity index is 1210. The van der Waals surface area contributed by atoms with E-state index in [0.29, 0.717) is 23.6 Å². The van der Waals surface area contributed by atoms with Crippen LogP contribution in [0.15, 0.2) is 54.6 Å². The van der Waals surface area contributed by atoms with Crippen LogP contribution < -0.4 is 5.32 Å². The molecule has 2 aromatic heterocycles. The minimum absolute atomic E-state index is 0.171. The Morgan fingerprint density at radius 2 is 1.83 bits per heavy atom. The zero-order chi connectivity index (χ0) is 21.3. The first-order chi connectivity index (χ1) is 14.4. The summed E-state index contributed by atoms with van der Waals surface area (Å²) in [5, 5.41) is 14.0. The summed E-state index contributed by atoms with van der Waals surface area (Å²) in [5.41, 5.74) is 4.22. The van der Waals surface area contributed by atoms with E-state index in [1.807, 2.05) is 38.1 Å². The number of halogens is 1. The van der Waals surface area contributed by atoms with E-state index in [-0.39, 0.29) is 11.6 Å². The highest BCUT2D eigenvalue weighted by molar-refractivity contribution is 6.05. The largest absolute Gasteiger partial charge is 0.344 e. The molecule has 0 saturated heterocycles. The molecule has 2 heterocycles. The van der Waals surface area contributed by atoms with Crippen LogP contribution in [0.4, 0.5) is 10.1 Å². The SMILES string of the molecule is Cc1nnnn1-c1cc(NC(=O)c2cc(C)n(Cc3ccccc3)c2C)ccc1F. The molecule has 0 atom stereocenters. The van der Waals surface area contributed by atoms with Crippen LogP contribution in [0.25, 0.3) is 5.69 Å². The molecule has 0 aliphatic carbocycles. The van der Waals surface area contributed by atoms with Crippen molar-refractivity contribution in [3.63, 3.8) is 0 Å². The van der Waals surface area contributed by atoms with Crippen LogP contribution in [0, 0.1) is 26.6 Å². The van der Waals surface area contributed by atoms with Crippen LogP contribution in [0.3, 0.4) is 0 Å². The van der Waals surface area contributed by atoms with Crippen molar-refractivity contribution in [2.24, 2.45) is 0 Å². The lowest BCUT2D eigenvalue weighted by atomic mass is 10.2. The van der Waals surface area contributed by atoms with Gasteiger partial charge in [-0.1, -0.05) is 30.3 Å². The first kappa shape index (κ1) is 19.5. The molecule has 0 saturated carbocycles. The predicted molar refractivity (Wildman–Crippen MR) is 111 cm³/mol. The van der Waals surface area contributed by atoms with Gasteiger partial charge in [-0.05, 0) is 61.0 Å². The lowest BCUT2D eigenvalue weighted by Gasteiger charge is -2.11. The Morgan fingerprint density at radius 1 is 1.07 bits per heavy atom. The lowest BCUT2D eigenvalue weighted by molar-refractivity contribution is 0.102. The van der Waals surface area contributed by atoms with Crippen LogP contribution in [0.2, 0.25) is 0 Å². The van der Waals surface area contributed by atoms with Crippen molar-refractivity contribution in [1.82, 2.24) is 24.8 Å². The van der Waals surface area contributed by atoms with Gasteiger partial charge in [-0.25, -0.2) is 4.39 Å². The molecule has 152 valence electrons. The van der Waals surface area contributed by atoms with E-state index in [9.17, 15) is 9.18 Å². The number of benzene rings is 2.